The van der Waals surface area contributed by atoms with Gasteiger partial charge in [-0.05, 0) is 36.4 Å². The van der Waals surface area contributed by atoms with Crippen LogP contribution in [0.5, 0.6) is 0 Å². The summed E-state index contributed by atoms with van der Waals surface area (Å²) in [5.41, 5.74) is 4.24. The van der Waals surface area contributed by atoms with Gasteiger partial charge < -0.3 is 9.97 Å². The minimum absolute atomic E-state index is 0.161. The number of aromatic amines is 2. The minimum atomic E-state index is -4.20. The van der Waals surface area contributed by atoms with Gasteiger partial charge in [-0.3, -0.25) is 9.11 Å². The summed E-state index contributed by atoms with van der Waals surface area (Å²) < 4.78 is 62.3. The molecular formula is C26H20N4O6S2. The summed E-state index contributed by atoms with van der Waals surface area (Å²) in [6, 6.07) is 27.5. The average Bonchev–Trinajstić information content (AvgIpc) is 3.53. The fourth-order valence-corrected chi connectivity index (χ4v) is 4.76. The summed E-state index contributed by atoms with van der Waals surface area (Å²) in [6.07, 6.45) is 0. The molecule has 2 heterocycles. The van der Waals surface area contributed by atoms with Crippen LogP contribution in [0.1, 0.15) is 0 Å². The highest BCUT2D eigenvalue weighted by Crippen LogP contribution is 2.23. The Kier molecular flexibility index (Phi) is 6.55. The van der Waals surface area contributed by atoms with E-state index in [0.717, 1.165) is 11.1 Å². The lowest BCUT2D eigenvalue weighted by Crippen LogP contribution is -1.97. The normalized spacial score (nSPS) is 11.8. The molecule has 10 nitrogen and oxygen atoms in total. The van der Waals surface area contributed by atoms with E-state index in [1.807, 2.05) is 60.7 Å². The molecule has 4 aromatic carbocycles. The zero-order chi connectivity index (χ0) is 26.9. The maximum atomic E-state index is 11.1. The number of hydrogen-bond acceptors (Lipinski definition) is 6. The van der Waals surface area contributed by atoms with Crippen LogP contribution in [0.2, 0.25) is 0 Å². The molecule has 12 heteroatoms. The van der Waals surface area contributed by atoms with Gasteiger partial charge in [0.1, 0.15) is 11.6 Å². The van der Waals surface area contributed by atoms with E-state index in [2.05, 4.69) is 19.9 Å². The van der Waals surface area contributed by atoms with Crippen molar-refractivity contribution in [2.75, 3.05) is 0 Å². The van der Waals surface area contributed by atoms with Crippen molar-refractivity contribution in [3.05, 3.63) is 97.1 Å². The molecule has 4 N–H and O–H groups in total. The van der Waals surface area contributed by atoms with Crippen LogP contribution in [-0.2, 0) is 20.2 Å². The second-order valence-corrected chi connectivity index (χ2v) is 11.1. The summed E-state index contributed by atoms with van der Waals surface area (Å²) in [7, 11) is -8.41. The first kappa shape index (κ1) is 25.3. The smallest absolute Gasteiger partial charge is 0.294 e. The Bertz CT molecular complexity index is 1820. The number of nitrogens with zero attached hydrogens (tertiary/aromatic N) is 2. The van der Waals surface area contributed by atoms with E-state index in [-0.39, 0.29) is 9.79 Å². The molecule has 38 heavy (non-hydrogen) atoms. The number of imidazole rings is 2. The standard InChI is InChI=1S/2C13H10N2O3S/c2*16-19(17,18)10-6-7-11-12(8-10)15-13(14-11)9-4-2-1-3-5-9/h2*1-8H,(H,14,15)(H,16,17,18). The number of H-pyrrole nitrogens is 2. The van der Waals surface area contributed by atoms with Gasteiger partial charge in [0.25, 0.3) is 20.2 Å². The molecule has 0 bridgehead atoms. The van der Waals surface area contributed by atoms with E-state index in [4.69, 9.17) is 9.11 Å². The lowest BCUT2D eigenvalue weighted by Gasteiger charge is -1.94. The first-order valence-corrected chi connectivity index (χ1v) is 14.0. The van der Waals surface area contributed by atoms with E-state index in [9.17, 15) is 16.8 Å². The van der Waals surface area contributed by atoms with Gasteiger partial charge in [-0.15, -0.1) is 0 Å². The summed E-state index contributed by atoms with van der Waals surface area (Å²) in [6.45, 7) is 0. The van der Waals surface area contributed by atoms with E-state index >= 15 is 0 Å². The Balaban J connectivity index is 0.000000155. The topological polar surface area (TPSA) is 166 Å². The van der Waals surface area contributed by atoms with Crippen LogP contribution in [0.3, 0.4) is 0 Å². The maximum Gasteiger partial charge on any atom is 0.294 e. The third-order valence-corrected chi connectivity index (χ3v) is 7.30. The number of benzene rings is 4. The fraction of sp³-hybridized carbons (Fsp3) is 0. The van der Waals surface area contributed by atoms with Crippen LogP contribution in [0.15, 0.2) is 107 Å². The number of fused-ring (bicyclic) bond motifs is 2. The first-order chi connectivity index (χ1) is 18.1. The van der Waals surface area contributed by atoms with Crippen molar-refractivity contribution in [3.8, 4) is 22.8 Å². The quantitative estimate of drug-likeness (QED) is 0.225. The van der Waals surface area contributed by atoms with Crippen molar-refractivity contribution in [3.63, 3.8) is 0 Å². The van der Waals surface area contributed by atoms with E-state index < -0.39 is 20.2 Å². The lowest BCUT2D eigenvalue weighted by molar-refractivity contribution is 0.481. The van der Waals surface area contributed by atoms with Crippen LogP contribution in [0.25, 0.3) is 44.8 Å². The van der Waals surface area contributed by atoms with Gasteiger partial charge in [0.2, 0.25) is 0 Å². The molecule has 6 aromatic rings. The molecule has 192 valence electrons. The van der Waals surface area contributed by atoms with Gasteiger partial charge in [-0.25, -0.2) is 9.97 Å². The van der Waals surface area contributed by atoms with Crippen LogP contribution < -0.4 is 0 Å². The van der Waals surface area contributed by atoms with Crippen molar-refractivity contribution in [1.29, 1.82) is 0 Å². The number of nitrogens with one attached hydrogen (secondary N) is 2. The molecule has 0 aliphatic rings. The molecular weight excluding hydrogens is 528 g/mol. The molecule has 0 unspecified atom stereocenters. The van der Waals surface area contributed by atoms with Gasteiger partial charge in [0, 0.05) is 11.1 Å². The minimum Gasteiger partial charge on any atom is -0.338 e. The molecule has 2 aromatic heterocycles. The summed E-state index contributed by atoms with van der Waals surface area (Å²) >= 11 is 0. The maximum absolute atomic E-state index is 11.1. The second-order valence-electron chi connectivity index (χ2n) is 8.21. The Morgan fingerprint density at radius 1 is 0.526 bits per heavy atom. The van der Waals surface area contributed by atoms with Crippen molar-refractivity contribution >= 4 is 42.3 Å². The predicted octanol–water partition coefficient (Wildman–Crippen LogP) is 4.95. The van der Waals surface area contributed by atoms with Crippen LogP contribution >= 0.6 is 0 Å². The first-order valence-electron chi connectivity index (χ1n) is 11.1. The van der Waals surface area contributed by atoms with Crippen molar-refractivity contribution < 1.29 is 25.9 Å². The highest BCUT2D eigenvalue weighted by molar-refractivity contribution is 7.86. The third-order valence-electron chi connectivity index (χ3n) is 5.60. The molecule has 0 spiro atoms. The largest absolute Gasteiger partial charge is 0.338 e. The van der Waals surface area contributed by atoms with Gasteiger partial charge in [0.15, 0.2) is 0 Å². The Morgan fingerprint density at radius 3 is 1.24 bits per heavy atom. The van der Waals surface area contributed by atoms with Gasteiger partial charge in [-0.2, -0.15) is 16.8 Å². The number of aromatic nitrogens is 4. The van der Waals surface area contributed by atoms with Crippen molar-refractivity contribution in [2.24, 2.45) is 0 Å². The highest BCUT2D eigenvalue weighted by Gasteiger charge is 2.13. The zero-order valence-corrected chi connectivity index (χ0v) is 21.1. The van der Waals surface area contributed by atoms with Crippen molar-refractivity contribution in [2.45, 2.75) is 9.79 Å². The van der Waals surface area contributed by atoms with Gasteiger partial charge >= 0.3 is 0 Å². The Labute approximate surface area is 217 Å². The van der Waals surface area contributed by atoms with E-state index in [1.54, 1.807) is 12.1 Å². The molecule has 0 saturated heterocycles. The van der Waals surface area contributed by atoms with E-state index in [0.29, 0.717) is 33.7 Å². The molecule has 0 atom stereocenters. The summed E-state index contributed by atoms with van der Waals surface area (Å²) in [5, 5.41) is 0. The lowest BCUT2D eigenvalue weighted by atomic mass is 10.2. The predicted molar refractivity (Wildman–Crippen MR) is 143 cm³/mol. The van der Waals surface area contributed by atoms with Gasteiger partial charge in [-0.1, -0.05) is 60.7 Å². The molecule has 0 saturated carbocycles. The van der Waals surface area contributed by atoms with Crippen molar-refractivity contribution in [1.82, 2.24) is 19.9 Å². The van der Waals surface area contributed by atoms with Gasteiger partial charge in [0.05, 0.1) is 31.9 Å². The molecule has 0 aliphatic carbocycles. The van der Waals surface area contributed by atoms with Crippen LogP contribution in [-0.4, -0.2) is 45.9 Å². The SMILES string of the molecule is O=S(=O)(O)c1ccc2[nH]c(-c3ccccc3)nc2c1.O=S(=O)(O)c1ccc2[nH]c(-c3ccccc3)nc2c1. The molecule has 0 radical (unpaired) electrons. The van der Waals surface area contributed by atoms with Crippen LogP contribution in [0, 0.1) is 0 Å². The monoisotopic (exact) mass is 548 g/mol. The fourth-order valence-electron chi connectivity index (χ4n) is 3.76. The number of hydrogen-bond donors (Lipinski definition) is 4. The summed E-state index contributed by atoms with van der Waals surface area (Å²) in [4.78, 5) is 14.5. The third kappa shape index (κ3) is 5.48. The second kappa shape index (κ2) is 9.84. The Hall–Kier alpha value is -4.36. The average molecular weight is 549 g/mol. The number of rotatable bonds is 4. The summed E-state index contributed by atoms with van der Waals surface area (Å²) in [5.74, 6) is 1.31. The Morgan fingerprint density at radius 2 is 0.895 bits per heavy atom. The van der Waals surface area contributed by atoms with E-state index in [1.165, 1.54) is 24.3 Å². The zero-order valence-electron chi connectivity index (χ0n) is 19.5. The molecule has 6 rings (SSSR count). The molecule has 0 aliphatic heterocycles. The van der Waals surface area contributed by atoms with Crippen LogP contribution in [0.4, 0.5) is 0 Å². The highest BCUT2D eigenvalue weighted by atomic mass is 32.2. The molecule has 0 amide bonds. The molecule has 0 fully saturated rings.